The van der Waals surface area contributed by atoms with Crippen LogP contribution in [0.15, 0.2) is 0 Å². The van der Waals surface area contributed by atoms with E-state index < -0.39 is 0 Å². The molecular weight excluding hydrogens is 156 g/mol. The van der Waals surface area contributed by atoms with Gasteiger partial charge in [-0.1, -0.05) is 0 Å². The van der Waals surface area contributed by atoms with Gasteiger partial charge in [0.1, 0.15) is 0 Å². The molecule has 1 aliphatic rings. The van der Waals surface area contributed by atoms with Gasteiger partial charge in [-0.2, -0.15) is 0 Å². The van der Waals surface area contributed by atoms with E-state index in [4.69, 9.17) is 16.0 Å². The molecule has 7 heavy (non-hydrogen) atoms. The van der Waals surface area contributed by atoms with Gasteiger partial charge in [-0.05, 0) is 0 Å². The molecule has 0 saturated carbocycles. The third-order valence-corrected chi connectivity index (χ3v) is 2.93. The third kappa shape index (κ3) is 2.07. The van der Waals surface area contributed by atoms with E-state index in [0.717, 1.165) is 0 Å². The minimum atomic E-state index is 0.515. The van der Waals surface area contributed by atoms with Crippen molar-refractivity contribution in [2.45, 2.75) is 23.4 Å². The summed E-state index contributed by atoms with van der Waals surface area (Å²) in [5.41, 5.74) is 0. The summed E-state index contributed by atoms with van der Waals surface area (Å²) in [7, 11) is 0. The Labute approximate surface area is 57.3 Å². The molecule has 0 spiro atoms. The first-order chi connectivity index (χ1) is 3.39. The molecule has 1 saturated heterocycles. The Balaban J connectivity index is 2.12. The molecule has 1 unspecified atom stereocenters. The Hall–Kier alpha value is 0.869. The molecule has 1 aliphatic heterocycles. The summed E-state index contributed by atoms with van der Waals surface area (Å²) in [4.78, 5) is 0. The van der Waals surface area contributed by atoms with Crippen molar-refractivity contribution in [2.24, 2.45) is 0 Å². The number of thioether (sulfide) groups is 1. The van der Waals surface area contributed by atoms with E-state index in [-0.39, 0.29) is 0 Å². The number of hydrogen-bond acceptors (Lipinski definition) is 1. The van der Waals surface area contributed by atoms with Crippen LogP contribution in [0.2, 0.25) is 0 Å². The fourth-order valence-corrected chi connectivity index (χ4v) is 2.14. The van der Waals surface area contributed by atoms with Crippen molar-refractivity contribution < 1.29 is 16.0 Å². The molecule has 0 aromatic carbocycles. The average Bonchev–Trinajstić information content (AvgIpc) is 1.69. The van der Waals surface area contributed by atoms with E-state index in [9.17, 15) is 0 Å². The number of hydrogen-bond donors (Lipinski definition) is 0. The van der Waals surface area contributed by atoms with Crippen LogP contribution < -0.4 is 0 Å². The first-order valence-electron chi connectivity index (χ1n) is 2.61. The topological polar surface area (TPSA) is 0 Å². The normalized spacial score (nSPS) is 33.1. The first-order valence-corrected chi connectivity index (χ1v) is 4.20. The second kappa shape index (κ2) is 3.01. The van der Waals surface area contributed by atoms with Crippen molar-refractivity contribution in [3.05, 3.63) is 0 Å². The molecule has 0 N–H and O–H groups in total. The standard InChI is InChI=1S/C5H9S.Cu/c1-2-4-6-5-3-1;/h4H,1-3,5H2;. The summed E-state index contributed by atoms with van der Waals surface area (Å²) >= 11 is 7.11. The van der Waals surface area contributed by atoms with Crippen LogP contribution in [0.1, 0.15) is 19.3 Å². The van der Waals surface area contributed by atoms with Gasteiger partial charge < -0.3 is 0 Å². The minimum absolute atomic E-state index is 0.515. The fourth-order valence-electron chi connectivity index (χ4n) is 0.677. The van der Waals surface area contributed by atoms with Crippen LogP contribution in [0.5, 0.6) is 0 Å². The van der Waals surface area contributed by atoms with Gasteiger partial charge in [0.05, 0.1) is 0 Å². The van der Waals surface area contributed by atoms with Gasteiger partial charge in [0, 0.05) is 0 Å². The van der Waals surface area contributed by atoms with E-state index >= 15 is 0 Å². The summed E-state index contributed by atoms with van der Waals surface area (Å²) < 4.78 is 0.515. The summed E-state index contributed by atoms with van der Waals surface area (Å²) in [5, 5.41) is 0. The SMILES string of the molecule is [Cu][CH]1CCCCS1. The van der Waals surface area contributed by atoms with Crippen molar-refractivity contribution in [1.29, 1.82) is 0 Å². The van der Waals surface area contributed by atoms with Gasteiger partial charge in [-0.15, -0.1) is 0 Å². The van der Waals surface area contributed by atoms with Crippen LogP contribution in [0.4, 0.5) is 0 Å². The van der Waals surface area contributed by atoms with Crippen LogP contribution in [-0.2, 0) is 16.0 Å². The predicted molar refractivity (Wildman–Crippen MR) is 30.1 cm³/mol. The van der Waals surface area contributed by atoms with Crippen LogP contribution in [0, 0.1) is 0 Å². The summed E-state index contributed by atoms with van der Waals surface area (Å²) in [6.07, 6.45) is 4.00. The summed E-state index contributed by atoms with van der Waals surface area (Å²) in [6.45, 7) is 0. The van der Waals surface area contributed by atoms with Crippen LogP contribution in [-0.4, -0.2) is 9.90 Å². The van der Waals surface area contributed by atoms with E-state index in [1.54, 1.807) is 0 Å². The molecule has 2 heteroatoms. The maximum absolute atomic E-state index is 5.19. The Morgan fingerprint density at radius 1 is 1.43 bits per heavy atom. The predicted octanol–water partition coefficient (Wildman–Crippen LogP) is 1.78. The molecule has 0 bridgehead atoms. The van der Waals surface area contributed by atoms with Crippen LogP contribution in [0.25, 0.3) is 0 Å². The molecule has 1 heterocycles. The van der Waals surface area contributed by atoms with Gasteiger partial charge in [0.2, 0.25) is 0 Å². The van der Waals surface area contributed by atoms with Crippen molar-refractivity contribution in [3.63, 3.8) is 0 Å². The Morgan fingerprint density at radius 2 is 2.29 bits per heavy atom. The third-order valence-electron chi connectivity index (χ3n) is 1.09. The van der Waals surface area contributed by atoms with E-state index in [2.05, 4.69) is 0 Å². The second-order valence-corrected chi connectivity index (χ2v) is 3.99. The zero-order valence-electron chi connectivity index (χ0n) is 4.12. The van der Waals surface area contributed by atoms with Gasteiger partial charge in [-0.25, -0.2) is 0 Å². The van der Waals surface area contributed by atoms with Gasteiger partial charge in [0.15, 0.2) is 0 Å². The second-order valence-electron chi connectivity index (χ2n) is 1.73. The Kier molecular flexibility index (Phi) is 2.58. The maximum atomic E-state index is 5.19. The molecule has 0 aromatic rings. The molecule has 46 valence electrons. The molecule has 0 aliphatic carbocycles. The first kappa shape index (κ1) is 6.00. The van der Waals surface area contributed by atoms with E-state index in [1.807, 2.05) is 11.8 Å². The molecule has 1 rings (SSSR count). The summed E-state index contributed by atoms with van der Waals surface area (Å²) in [6, 6.07) is 0. The molecule has 1 atom stereocenters. The zero-order valence-corrected chi connectivity index (χ0v) is 5.87. The van der Waals surface area contributed by atoms with Gasteiger partial charge >= 0.3 is 56.9 Å². The molecule has 0 radical (unpaired) electrons. The molecule has 1 fully saturated rings. The summed E-state index contributed by atoms with van der Waals surface area (Å²) in [5.74, 6) is 1.29. The molecule has 0 nitrogen and oxygen atoms in total. The van der Waals surface area contributed by atoms with Crippen molar-refractivity contribution in [3.8, 4) is 0 Å². The fraction of sp³-hybridized carbons (Fsp3) is 1.00. The van der Waals surface area contributed by atoms with Crippen molar-refractivity contribution >= 4 is 11.8 Å². The average molecular weight is 165 g/mol. The molecule has 0 amide bonds. The number of rotatable bonds is 0. The molecule has 0 aromatic heterocycles. The van der Waals surface area contributed by atoms with E-state index in [1.165, 1.54) is 25.0 Å². The monoisotopic (exact) mass is 164 g/mol. The van der Waals surface area contributed by atoms with Gasteiger partial charge in [0.25, 0.3) is 0 Å². The Bertz CT molecular complexity index is 50.0. The van der Waals surface area contributed by atoms with E-state index in [0.29, 0.717) is 4.15 Å². The Morgan fingerprint density at radius 3 is 2.57 bits per heavy atom. The van der Waals surface area contributed by atoms with Crippen LogP contribution >= 0.6 is 11.8 Å². The quantitative estimate of drug-likeness (QED) is 0.492. The van der Waals surface area contributed by atoms with Crippen LogP contribution in [0.3, 0.4) is 0 Å². The van der Waals surface area contributed by atoms with Crippen molar-refractivity contribution in [1.82, 2.24) is 0 Å². The zero-order chi connectivity index (χ0) is 5.11. The molecular formula is C5H9CuS. The van der Waals surface area contributed by atoms with Crippen molar-refractivity contribution in [2.75, 3.05) is 5.75 Å². The van der Waals surface area contributed by atoms with Gasteiger partial charge in [-0.3, -0.25) is 0 Å².